The molecule has 0 bridgehead atoms. The summed E-state index contributed by atoms with van der Waals surface area (Å²) in [5, 5.41) is 18.4. The molecule has 4 aromatic rings. The molecule has 5 rings (SSSR count). The zero-order valence-electron chi connectivity index (χ0n) is 23.4. The molecule has 0 amide bonds. The van der Waals surface area contributed by atoms with Crippen molar-refractivity contribution in [3.8, 4) is 5.75 Å². The van der Waals surface area contributed by atoms with Crippen LogP contribution in [0, 0.1) is 13.8 Å². The number of rotatable bonds is 7. The van der Waals surface area contributed by atoms with Gasteiger partial charge in [0, 0.05) is 19.0 Å². The summed E-state index contributed by atoms with van der Waals surface area (Å²) < 4.78 is 36.9. The molecule has 0 saturated carbocycles. The number of sulfonamides is 1. The number of hydrogen-bond acceptors (Lipinski definition) is 6. The summed E-state index contributed by atoms with van der Waals surface area (Å²) in [7, 11) is -3.84. The zero-order valence-corrected chi connectivity index (χ0v) is 24.2. The lowest BCUT2D eigenvalue weighted by Gasteiger charge is -2.29. The van der Waals surface area contributed by atoms with Crippen LogP contribution in [0.2, 0.25) is 0 Å². The Morgan fingerprint density at radius 2 is 1.88 bits per heavy atom. The predicted octanol–water partition coefficient (Wildman–Crippen LogP) is 5.04. The molecule has 0 spiro atoms. The van der Waals surface area contributed by atoms with E-state index in [0.717, 1.165) is 38.9 Å². The minimum atomic E-state index is -3.84. The fraction of sp³-hybridized carbons (Fsp3) is 0.367. The lowest BCUT2D eigenvalue weighted by molar-refractivity contribution is -0.137. The summed E-state index contributed by atoms with van der Waals surface area (Å²) in [5.41, 5.74) is 5.17. The number of benzene rings is 3. The van der Waals surface area contributed by atoms with E-state index in [4.69, 9.17) is 4.74 Å². The average molecular weight is 563 g/mol. The second-order valence-corrected chi connectivity index (χ2v) is 12.9. The summed E-state index contributed by atoms with van der Waals surface area (Å²) in [4.78, 5) is 12.2. The third-order valence-electron chi connectivity index (χ3n) is 7.57. The van der Waals surface area contributed by atoms with E-state index in [-0.39, 0.29) is 24.4 Å². The number of hydrogen-bond donors (Lipinski definition) is 1. The molecule has 1 aliphatic heterocycles. The second kappa shape index (κ2) is 10.3. The third-order valence-corrected chi connectivity index (χ3v) is 9.40. The average Bonchev–Trinajstić information content (AvgIpc) is 3.29. The van der Waals surface area contributed by atoms with E-state index in [1.165, 1.54) is 4.31 Å². The molecule has 1 atom stereocenters. The van der Waals surface area contributed by atoms with Gasteiger partial charge in [-0.1, -0.05) is 41.6 Å². The van der Waals surface area contributed by atoms with Gasteiger partial charge < -0.3 is 9.84 Å². The molecule has 3 aromatic carbocycles. The van der Waals surface area contributed by atoms with Crippen molar-refractivity contribution < 1.29 is 23.1 Å². The van der Waals surface area contributed by atoms with Crippen LogP contribution in [0.4, 0.5) is 0 Å². The molecule has 210 valence electrons. The van der Waals surface area contributed by atoms with Gasteiger partial charge in [-0.15, -0.1) is 5.10 Å². The fourth-order valence-electron chi connectivity index (χ4n) is 5.51. The van der Waals surface area contributed by atoms with Gasteiger partial charge in [0.15, 0.2) is 0 Å². The normalized spacial score (nSPS) is 17.1. The Hall–Kier alpha value is -3.76. The maximum Gasteiger partial charge on any atom is 0.304 e. The second-order valence-electron chi connectivity index (χ2n) is 11.0. The Morgan fingerprint density at radius 3 is 2.60 bits per heavy atom. The molecule has 10 heteroatoms. The number of aryl methyl sites for hydroxylation is 3. The van der Waals surface area contributed by atoms with Crippen LogP contribution >= 0.6 is 0 Å². The van der Waals surface area contributed by atoms with Crippen LogP contribution in [0.5, 0.6) is 5.75 Å². The summed E-state index contributed by atoms with van der Waals surface area (Å²) >= 11 is 0. The highest BCUT2D eigenvalue weighted by Crippen LogP contribution is 2.37. The molecule has 0 unspecified atom stereocenters. The molecule has 0 aliphatic carbocycles. The van der Waals surface area contributed by atoms with Gasteiger partial charge in [-0.05, 0) is 80.6 Å². The molecule has 1 N–H and O–H groups in total. The maximum atomic E-state index is 13.8. The number of carbonyl (C=O) groups is 1. The van der Waals surface area contributed by atoms with Gasteiger partial charge >= 0.3 is 5.97 Å². The number of aliphatic carboxylic acids is 1. The molecular formula is C30H34N4O5S. The van der Waals surface area contributed by atoms with Crippen molar-refractivity contribution in [2.75, 3.05) is 6.54 Å². The van der Waals surface area contributed by atoms with Gasteiger partial charge in [-0.25, -0.2) is 13.1 Å². The van der Waals surface area contributed by atoms with E-state index in [9.17, 15) is 18.3 Å². The van der Waals surface area contributed by atoms with Crippen molar-refractivity contribution >= 4 is 27.0 Å². The monoisotopic (exact) mass is 562 g/mol. The number of carboxylic acid groups (broad SMARTS) is 1. The molecule has 2 heterocycles. The summed E-state index contributed by atoms with van der Waals surface area (Å²) in [5.74, 6) is -1.03. The molecule has 0 radical (unpaired) electrons. The van der Waals surface area contributed by atoms with Crippen LogP contribution in [0.1, 0.15) is 60.9 Å². The van der Waals surface area contributed by atoms with E-state index < -0.39 is 27.5 Å². The van der Waals surface area contributed by atoms with Gasteiger partial charge in [0.1, 0.15) is 21.8 Å². The third kappa shape index (κ3) is 5.09. The largest absolute Gasteiger partial charge is 0.485 e. The number of fused-ring (bicyclic) bond motifs is 2. The Morgan fingerprint density at radius 1 is 1.12 bits per heavy atom. The van der Waals surface area contributed by atoms with Crippen LogP contribution in [0.25, 0.3) is 11.0 Å². The van der Waals surface area contributed by atoms with Gasteiger partial charge in [-0.2, -0.15) is 4.31 Å². The Kier molecular flexibility index (Phi) is 7.18. The first-order valence-corrected chi connectivity index (χ1v) is 14.8. The first kappa shape index (κ1) is 27.8. The fourth-order valence-corrected chi connectivity index (χ4v) is 7.19. The highest BCUT2D eigenvalue weighted by molar-refractivity contribution is 7.89. The maximum absolute atomic E-state index is 13.8. The topological polar surface area (TPSA) is 115 Å². The quantitative estimate of drug-likeness (QED) is 0.336. The summed E-state index contributed by atoms with van der Waals surface area (Å²) in [6, 6.07) is 16.4. The van der Waals surface area contributed by atoms with E-state index in [1.54, 1.807) is 24.3 Å². The molecule has 40 heavy (non-hydrogen) atoms. The first-order chi connectivity index (χ1) is 18.9. The Balaban J connectivity index is 1.57. The minimum Gasteiger partial charge on any atom is -0.485 e. The van der Waals surface area contributed by atoms with Crippen LogP contribution in [0.15, 0.2) is 59.5 Å². The molecule has 9 nitrogen and oxygen atoms in total. The lowest BCUT2D eigenvalue weighted by Crippen LogP contribution is -2.42. The smallest absolute Gasteiger partial charge is 0.304 e. The van der Waals surface area contributed by atoms with Crippen molar-refractivity contribution in [1.29, 1.82) is 0 Å². The predicted molar refractivity (Wildman–Crippen MR) is 152 cm³/mol. The minimum absolute atomic E-state index is 0.118. The van der Waals surface area contributed by atoms with Crippen molar-refractivity contribution in [3.05, 3.63) is 82.4 Å². The SMILES string of the molecule is CCn1nnc2c(C)c([C@@H](CC(=O)O)c3ccc(C)c(CN4CC(C)(C)Oc5ccccc5S4(=O)=O)c3)ccc21. The van der Waals surface area contributed by atoms with Gasteiger partial charge in [-0.3, -0.25) is 4.79 Å². The van der Waals surface area contributed by atoms with E-state index in [0.29, 0.717) is 12.3 Å². The van der Waals surface area contributed by atoms with Crippen LogP contribution in [0.3, 0.4) is 0 Å². The highest BCUT2D eigenvalue weighted by Gasteiger charge is 2.38. The molecule has 1 aliphatic rings. The molecule has 0 saturated heterocycles. The standard InChI is InChI=1S/C30H34N4O5S/c1-6-34-25-14-13-23(20(3)29(25)31-32-34)24(16-28(35)36)21-12-11-19(2)22(15-21)17-33-18-30(4,5)39-26-9-7-8-10-27(26)40(33,37)38/h7-15,24H,6,16-18H2,1-5H3,(H,35,36)/t24-/m0/s1. The number of aromatic nitrogens is 3. The Labute approximate surface area is 234 Å². The van der Waals surface area contributed by atoms with Gasteiger partial charge in [0.25, 0.3) is 0 Å². The van der Waals surface area contributed by atoms with Crippen LogP contribution in [-0.4, -0.2) is 50.9 Å². The number of nitrogens with zero attached hydrogens (tertiary/aromatic N) is 4. The number of carboxylic acids is 1. The van der Waals surface area contributed by atoms with Crippen molar-refractivity contribution in [2.45, 2.75) is 70.5 Å². The molecular weight excluding hydrogens is 528 g/mol. The zero-order chi connectivity index (χ0) is 28.8. The van der Waals surface area contributed by atoms with Crippen molar-refractivity contribution in [1.82, 2.24) is 19.3 Å². The first-order valence-electron chi connectivity index (χ1n) is 13.3. The highest BCUT2D eigenvalue weighted by atomic mass is 32.2. The number of para-hydroxylation sites is 1. The molecule has 0 fully saturated rings. The summed E-state index contributed by atoms with van der Waals surface area (Å²) in [6.45, 7) is 10.6. The Bertz CT molecular complexity index is 1710. The van der Waals surface area contributed by atoms with Crippen molar-refractivity contribution in [3.63, 3.8) is 0 Å². The van der Waals surface area contributed by atoms with E-state index in [1.807, 2.05) is 69.6 Å². The van der Waals surface area contributed by atoms with Crippen LogP contribution < -0.4 is 4.74 Å². The van der Waals surface area contributed by atoms with E-state index >= 15 is 0 Å². The summed E-state index contributed by atoms with van der Waals surface area (Å²) in [6.07, 6.45) is -0.118. The van der Waals surface area contributed by atoms with Gasteiger partial charge in [0.2, 0.25) is 10.0 Å². The van der Waals surface area contributed by atoms with Crippen LogP contribution in [-0.2, 0) is 27.9 Å². The van der Waals surface area contributed by atoms with Gasteiger partial charge in [0.05, 0.1) is 18.5 Å². The molecule has 1 aromatic heterocycles. The lowest BCUT2D eigenvalue weighted by atomic mass is 9.84. The van der Waals surface area contributed by atoms with E-state index in [2.05, 4.69) is 10.3 Å². The van der Waals surface area contributed by atoms with Crippen molar-refractivity contribution in [2.24, 2.45) is 0 Å². The number of ether oxygens (including phenoxy) is 1.